The summed E-state index contributed by atoms with van der Waals surface area (Å²) in [5, 5.41) is 11.5. The molecule has 0 aliphatic carbocycles. The van der Waals surface area contributed by atoms with Gasteiger partial charge in [0, 0.05) is 12.6 Å². The number of hydrogen-bond acceptors (Lipinski definition) is 3. The Bertz CT molecular complexity index is 501. The minimum Gasteiger partial charge on any atom is -0.481 e. The van der Waals surface area contributed by atoms with E-state index in [1.807, 2.05) is 4.90 Å². The lowest BCUT2D eigenvalue weighted by molar-refractivity contribution is -0.136. The van der Waals surface area contributed by atoms with Crippen molar-refractivity contribution in [2.45, 2.75) is 45.1 Å². The summed E-state index contributed by atoms with van der Waals surface area (Å²) in [4.78, 5) is 28.8. The minimum atomic E-state index is -0.919. The van der Waals surface area contributed by atoms with E-state index < -0.39 is 5.97 Å². The number of aliphatic carboxylic acids is 1. The average molecular weight is 291 g/mol. The second-order valence-corrected chi connectivity index (χ2v) is 5.43. The van der Waals surface area contributed by atoms with E-state index >= 15 is 0 Å². The highest BCUT2D eigenvalue weighted by atomic mass is 16.4. The van der Waals surface area contributed by atoms with Gasteiger partial charge in [-0.3, -0.25) is 9.78 Å². The highest BCUT2D eigenvalue weighted by Gasteiger charge is 2.21. The van der Waals surface area contributed by atoms with Crippen molar-refractivity contribution in [1.82, 2.24) is 9.88 Å². The van der Waals surface area contributed by atoms with Crippen LogP contribution in [0.25, 0.3) is 0 Å². The number of aromatic nitrogens is 1. The van der Waals surface area contributed by atoms with Gasteiger partial charge in [0.05, 0.1) is 24.0 Å². The van der Waals surface area contributed by atoms with E-state index in [9.17, 15) is 9.59 Å². The Balaban J connectivity index is 1.96. The first kappa shape index (κ1) is 15.3. The van der Waals surface area contributed by atoms with E-state index in [1.165, 1.54) is 12.6 Å². The van der Waals surface area contributed by atoms with Crippen LogP contribution in [-0.4, -0.2) is 39.6 Å². The lowest BCUT2D eigenvalue weighted by Crippen LogP contribution is -2.41. The monoisotopic (exact) mass is 291 g/mol. The number of anilines is 1. The van der Waals surface area contributed by atoms with Crippen LogP contribution in [0.3, 0.4) is 0 Å². The largest absolute Gasteiger partial charge is 0.481 e. The number of carboxylic acid groups (broad SMARTS) is 1. The minimum absolute atomic E-state index is 0.114. The van der Waals surface area contributed by atoms with Crippen molar-refractivity contribution in [2.75, 3.05) is 11.9 Å². The summed E-state index contributed by atoms with van der Waals surface area (Å²) in [5.74, 6) is -0.919. The summed E-state index contributed by atoms with van der Waals surface area (Å²) < 4.78 is 0. The predicted octanol–water partition coefficient (Wildman–Crippen LogP) is 2.51. The third-order valence-electron chi connectivity index (χ3n) is 3.72. The van der Waals surface area contributed by atoms with Crippen LogP contribution in [0.15, 0.2) is 18.3 Å². The van der Waals surface area contributed by atoms with E-state index in [2.05, 4.69) is 17.2 Å². The summed E-state index contributed by atoms with van der Waals surface area (Å²) in [7, 11) is 0. The molecule has 1 aromatic rings. The number of hydrogen-bond donors (Lipinski definition) is 2. The van der Waals surface area contributed by atoms with Crippen molar-refractivity contribution in [3.05, 3.63) is 24.0 Å². The molecule has 0 bridgehead atoms. The normalized spacial score (nSPS) is 18.9. The number of nitrogens with zero attached hydrogens (tertiary/aromatic N) is 2. The summed E-state index contributed by atoms with van der Waals surface area (Å²) in [5.41, 5.74) is 1.06. The first-order chi connectivity index (χ1) is 10.1. The van der Waals surface area contributed by atoms with Gasteiger partial charge in [0.2, 0.25) is 0 Å². The first-order valence-electron chi connectivity index (χ1n) is 7.30. The van der Waals surface area contributed by atoms with Gasteiger partial charge in [-0.2, -0.15) is 0 Å². The highest BCUT2D eigenvalue weighted by molar-refractivity contribution is 5.89. The molecule has 21 heavy (non-hydrogen) atoms. The maximum atomic E-state index is 12.3. The number of urea groups is 1. The van der Waals surface area contributed by atoms with E-state index in [1.54, 1.807) is 12.1 Å². The van der Waals surface area contributed by atoms with Gasteiger partial charge in [0.25, 0.3) is 0 Å². The molecule has 0 saturated carbocycles. The zero-order chi connectivity index (χ0) is 15.2. The van der Waals surface area contributed by atoms with Gasteiger partial charge >= 0.3 is 12.0 Å². The Morgan fingerprint density at radius 1 is 1.38 bits per heavy atom. The van der Waals surface area contributed by atoms with Crippen LogP contribution in [-0.2, 0) is 11.2 Å². The molecule has 1 aromatic heterocycles. The number of rotatable bonds is 3. The van der Waals surface area contributed by atoms with Gasteiger partial charge in [-0.15, -0.1) is 0 Å². The number of pyridine rings is 1. The Morgan fingerprint density at radius 3 is 2.86 bits per heavy atom. The standard InChI is InChI=1S/C15H21N3O3/c1-11-5-3-2-4-8-18(11)15(21)17-13-7-6-12(16-10-13)9-14(19)20/h6-7,10-11H,2-5,8-9H2,1H3,(H,17,21)(H,19,20). The molecule has 0 aromatic carbocycles. The molecule has 1 aliphatic heterocycles. The lowest BCUT2D eigenvalue weighted by Gasteiger charge is -2.27. The average Bonchev–Trinajstić information content (AvgIpc) is 2.65. The quantitative estimate of drug-likeness (QED) is 0.896. The van der Waals surface area contributed by atoms with Gasteiger partial charge in [0.1, 0.15) is 0 Å². The zero-order valence-electron chi connectivity index (χ0n) is 12.2. The van der Waals surface area contributed by atoms with Crippen molar-refractivity contribution in [3.63, 3.8) is 0 Å². The molecule has 1 unspecified atom stereocenters. The van der Waals surface area contributed by atoms with Gasteiger partial charge in [-0.25, -0.2) is 4.79 Å². The number of carboxylic acids is 1. The molecule has 1 aliphatic rings. The third kappa shape index (κ3) is 4.44. The van der Waals surface area contributed by atoms with Crippen LogP contribution in [0.2, 0.25) is 0 Å². The first-order valence-corrected chi connectivity index (χ1v) is 7.30. The maximum absolute atomic E-state index is 12.3. The van der Waals surface area contributed by atoms with Crippen molar-refractivity contribution in [1.29, 1.82) is 0 Å². The Labute approximate surface area is 124 Å². The molecule has 1 fully saturated rings. The van der Waals surface area contributed by atoms with Crippen molar-refractivity contribution >= 4 is 17.7 Å². The second-order valence-electron chi connectivity index (χ2n) is 5.43. The molecule has 0 spiro atoms. The second kappa shape index (κ2) is 7.06. The van der Waals surface area contributed by atoms with Gasteiger partial charge in [-0.05, 0) is 31.9 Å². The van der Waals surface area contributed by atoms with Crippen LogP contribution >= 0.6 is 0 Å². The van der Waals surface area contributed by atoms with Crippen LogP contribution in [0.1, 0.15) is 38.3 Å². The number of likely N-dealkylation sites (tertiary alicyclic amines) is 1. The number of carbonyl (C=O) groups excluding carboxylic acids is 1. The van der Waals surface area contributed by atoms with Crippen LogP contribution in [0.5, 0.6) is 0 Å². The van der Waals surface area contributed by atoms with Gasteiger partial charge in [-0.1, -0.05) is 12.8 Å². The molecule has 2 heterocycles. The van der Waals surface area contributed by atoms with E-state index in [4.69, 9.17) is 5.11 Å². The fourth-order valence-corrected chi connectivity index (χ4v) is 2.53. The van der Waals surface area contributed by atoms with Crippen LogP contribution in [0, 0.1) is 0 Å². The van der Waals surface area contributed by atoms with Crippen LogP contribution in [0.4, 0.5) is 10.5 Å². The van der Waals surface area contributed by atoms with Crippen molar-refractivity contribution in [2.24, 2.45) is 0 Å². The van der Waals surface area contributed by atoms with Crippen molar-refractivity contribution < 1.29 is 14.7 Å². The molecule has 114 valence electrons. The summed E-state index contributed by atoms with van der Waals surface area (Å²) in [6.45, 7) is 2.84. The Morgan fingerprint density at radius 2 is 2.19 bits per heavy atom. The topological polar surface area (TPSA) is 82.5 Å². The van der Waals surface area contributed by atoms with E-state index in [0.717, 1.165) is 25.8 Å². The molecule has 2 rings (SSSR count). The predicted molar refractivity (Wildman–Crippen MR) is 79.2 cm³/mol. The molecule has 6 heteroatoms. The molecule has 2 amide bonds. The summed E-state index contributed by atoms with van der Waals surface area (Å²) >= 11 is 0. The zero-order valence-corrected chi connectivity index (χ0v) is 12.2. The summed E-state index contributed by atoms with van der Waals surface area (Å²) in [6.07, 6.45) is 5.78. The molecule has 1 atom stereocenters. The fourth-order valence-electron chi connectivity index (χ4n) is 2.53. The number of amides is 2. The summed E-state index contributed by atoms with van der Waals surface area (Å²) in [6, 6.07) is 3.44. The van der Waals surface area contributed by atoms with Gasteiger partial charge in [0.15, 0.2) is 0 Å². The fraction of sp³-hybridized carbons (Fsp3) is 0.533. The molecule has 6 nitrogen and oxygen atoms in total. The molecule has 0 radical (unpaired) electrons. The third-order valence-corrected chi connectivity index (χ3v) is 3.72. The molecule has 2 N–H and O–H groups in total. The van der Waals surface area contributed by atoms with Crippen LogP contribution < -0.4 is 5.32 Å². The SMILES string of the molecule is CC1CCCCCN1C(=O)Nc1ccc(CC(=O)O)nc1. The van der Waals surface area contributed by atoms with E-state index in [-0.39, 0.29) is 18.5 Å². The van der Waals surface area contributed by atoms with Crippen molar-refractivity contribution in [3.8, 4) is 0 Å². The number of nitrogens with one attached hydrogen (secondary N) is 1. The lowest BCUT2D eigenvalue weighted by atomic mass is 10.1. The van der Waals surface area contributed by atoms with Gasteiger partial charge < -0.3 is 15.3 Å². The molecular weight excluding hydrogens is 270 g/mol. The number of carbonyl (C=O) groups is 2. The maximum Gasteiger partial charge on any atom is 0.322 e. The molecular formula is C15H21N3O3. The smallest absolute Gasteiger partial charge is 0.322 e. The highest BCUT2D eigenvalue weighted by Crippen LogP contribution is 2.17. The van der Waals surface area contributed by atoms with E-state index in [0.29, 0.717) is 11.4 Å². The Hall–Kier alpha value is -2.11. The molecule has 1 saturated heterocycles. The Kier molecular flexibility index (Phi) is 5.14.